The molecule has 2 aromatic rings. The summed E-state index contributed by atoms with van der Waals surface area (Å²) < 4.78 is 21.8. The predicted octanol–water partition coefficient (Wildman–Crippen LogP) is 0.199. The predicted molar refractivity (Wildman–Crippen MR) is 158 cm³/mol. The largest absolute Gasteiger partial charge is 1.00 e. The van der Waals surface area contributed by atoms with Crippen molar-refractivity contribution in [1.82, 2.24) is 19.6 Å². The van der Waals surface area contributed by atoms with Gasteiger partial charge in [-0.15, -0.1) is 0 Å². The molecule has 0 atom stereocenters. The van der Waals surface area contributed by atoms with E-state index >= 15 is 0 Å². The number of aromatic nitrogens is 4. The van der Waals surface area contributed by atoms with Crippen LogP contribution in [0.3, 0.4) is 0 Å². The van der Waals surface area contributed by atoms with Gasteiger partial charge in [0.1, 0.15) is 41.3 Å². The van der Waals surface area contributed by atoms with Crippen LogP contribution in [0.1, 0.15) is 83.3 Å². The van der Waals surface area contributed by atoms with Crippen molar-refractivity contribution >= 4 is 47.7 Å². The van der Waals surface area contributed by atoms with Crippen LogP contribution in [0.5, 0.6) is 0 Å². The molecule has 0 radical (unpaired) electrons. The van der Waals surface area contributed by atoms with Crippen molar-refractivity contribution in [3.8, 4) is 0 Å². The summed E-state index contributed by atoms with van der Waals surface area (Å²) in [6.07, 6.45) is -1.54. The third kappa shape index (κ3) is 17.6. The summed E-state index contributed by atoms with van der Waals surface area (Å²) in [5.74, 6) is -3.93. The van der Waals surface area contributed by atoms with E-state index in [1.807, 2.05) is 0 Å². The maximum atomic E-state index is 12.0. The zero-order chi connectivity index (χ0) is 34.9. The summed E-state index contributed by atoms with van der Waals surface area (Å²) in [7, 11) is 1.20. The fourth-order valence-corrected chi connectivity index (χ4v) is 3.08. The monoisotopic (exact) mass is 664 g/mol. The molecule has 258 valence electrons. The average molecular weight is 665 g/mol. The van der Waals surface area contributed by atoms with Crippen molar-refractivity contribution in [2.45, 2.75) is 92.2 Å². The number of carboxylic acids is 2. The van der Waals surface area contributed by atoms with Gasteiger partial charge in [-0.05, 0) is 62.3 Å². The van der Waals surface area contributed by atoms with E-state index < -0.39 is 59.4 Å². The Morgan fingerprint density at radius 2 is 1.09 bits per heavy atom. The standard InChI is InChI=1S/C16H25N3O6.C11H15N3O6.Li.H2O/c1-15(2,3)24-12(20)9-19-10(13(21)23-7)8-11(18-19)17-14(22)25-16(4,5)6;1-11(2,3)20-10(19)12-7-4-6(9(17)18)14(13-7)5-8(15)16;;/h8H,9H2,1-7H3,(H,17,18,22);4H,5H2,1-3H3,(H,15,16)(H,17,18)(H,12,13,19);;1H2/q;;+1;/p-1. The number of ether oxygens (including phenoxy) is 4. The van der Waals surface area contributed by atoms with Gasteiger partial charge < -0.3 is 34.6 Å². The van der Waals surface area contributed by atoms with Crippen LogP contribution in [0.2, 0.25) is 0 Å². The van der Waals surface area contributed by atoms with Gasteiger partial charge in [0.25, 0.3) is 0 Å². The van der Waals surface area contributed by atoms with Crippen LogP contribution in [0, 0.1) is 0 Å². The minimum absolute atomic E-state index is 0. The van der Waals surface area contributed by atoms with Crippen LogP contribution < -0.4 is 29.5 Å². The Morgan fingerprint density at radius 1 is 0.702 bits per heavy atom. The molecule has 2 amide bonds. The van der Waals surface area contributed by atoms with E-state index in [-0.39, 0.29) is 53.9 Å². The summed E-state index contributed by atoms with van der Waals surface area (Å²) in [5.41, 5.74) is -2.43. The maximum Gasteiger partial charge on any atom is 1.00 e. The Labute approximate surface area is 282 Å². The van der Waals surface area contributed by atoms with Crippen molar-refractivity contribution in [3.63, 3.8) is 0 Å². The van der Waals surface area contributed by atoms with Crippen LogP contribution in [0.4, 0.5) is 21.2 Å². The number of aliphatic carboxylic acids is 1. The van der Waals surface area contributed by atoms with Gasteiger partial charge in [0.05, 0.1) is 7.11 Å². The number of esters is 2. The van der Waals surface area contributed by atoms with Gasteiger partial charge in [-0.2, -0.15) is 10.2 Å². The summed E-state index contributed by atoms with van der Waals surface area (Å²) >= 11 is 0. The van der Waals surface area contributed by atoms with E-state index in [1.165, 1.54) is 13.2 Å². The Balaban J connectivity index is 0. The van der Waals surface area contributed by atoms with E-state index in [0.717, 1.165) is 15.4 Å². The molecule has 0 saturated heterocycles. The normalized spacial score (nSPS) is 10.9. The van der Waals surface area contributed by atoms with Gasteiger partial charge in [-0.1, -0.05) is 0 Å². The van der Waals surface area contributed by atoms with Gasteiger partial charge in [0.2, 0.25) is 0 Å². The quantitative estimate of drug-likeness (QED) is 0.167. The van der Waals surface area contributed by atoms with Gasteiger partial charge >= 0.3 is 54.9 Å². The number of hydrogen-bond acceptors (Lipinski definition) is 13. The molecule has 0 bridgehead atoms. The SMILES string of the molecule is CC(C)(C)OC(=O)Nc1cc(C(=O)O)n(CC(=O)O)n1.COC(=O)c1cc(NC(=O)OC(C)(C)C)nn1CC(=O)OC(C)(C)C.[Li+].[OH-]. The molecule has 47 heavy (non-hydrogen) atoms. The average Bonchev–Trinajstić information content (AvgIpc) is 3.37. The summed E-state index contributed by atoms with van der Waals surface area (Å²) in [6, 6.07) is 2.34. The van der Waals surface area contributed by atoms with Crippen molar-refractivity contribution < 1.29 is 82.3 Å². The molecule has 5 N–H and O–H groups in total. The smallest absolute Gasteiger partial charge is 0.870 e. The van der Waals surface area contributed by atoms with E-state index in [2.05, 4.69) is 25.6 Å². The number of carboxylic acid groups (broad SMARTS) is 2. The zero-order valence-electron chi connectivity index (χ0n) is 28.3. The fourth-order valence-electron chi connectivity index (χ4n) is 3.08. The number of amides is 2. The molecule has 0 aromatic carbocycles. The number of nitrogens with one attached hydrogen (secondary N) is 2. The molecule has 19 nitrogen and oxygen atoms in total. The van der Waals surface area contributed by atoms with Crippen molar-refractivity contribution in [1.29, 1.82) is 0 Å². The number of nitrogens with zero attached hydrogens (tertiary/aromatic N) is 4. The molecular weight excluding hydrogens is 623 g/mol. The van der Waals surface area contributed by atoms with Gasteiger partial charge in [-0.3, -0.25) is 20.2 Å². The van der Waals surface area contributed by atoms with E-state index in [1.54, 1.807) is 62.3 Å². The topological polar surface area (TPSA) is 270 Å². The van der Waals surface area contributed by atoms with E-state index in [4.69, 9.17) is 24.4 Å². The summed E-state index contributed by atoms with van der Waals surface area (Å²) in [4.78, 5) is 68.6. The Kier molecular flexibility index (Phi) is 17.0. The van der Waals surface area contributed by atoms with Gasteiger partial charge in [0, 0.05) is 12.1 Å². The Hall–Kier alpha value is -4.60. The number of methoxy groups -OCH3 is 1. The molecule has 2 heterocycles. The number of carbonyl (C=O) groups excluding carboxylic acids is 4. The van der Waals surface area contributed by atoms with E-state index in [9.17, 15) is 28.8 Å². The first-order valence-corrected chi connectivity index (χ1v) is 13.3. The Morgan fingerprint density at radius 3 is 1.43 bits per heavy atom. The first-order valence-electron chi connectivity index (χ1n) is 13.3. The minimum atomic E-state index is -1.35. The second-order valence-corrected chi connectivity index (χ2v) is 12.2. The van der Waals surface area contributed by atoms with Crippen LogP contribution in [-0.2, 0) is 41.6 Å². The molecule has 0 unspecified atom stereocenters. The first-order chi connectivity index (χ1) is 20.4. The Bertz CT molecular complexity index is 1420. The summed E-state index contributed by atoms with van der Waals surface area (Å²) in [6.45, 7) is 14.4. The number of hydrogen-bond donors (Lipinski definition) is 4. The van der Waals surface area contributed by atoms with E-state index in [0.29, 0.717) is 0 Å². The van der Waals surface area contributed by atoms with Gasteiger partial charge in [-0.25, -0.2) is 28.5 Å². The second-order valence-electron chi connectivity index (χ2n) is 12.2. The molecule has 0 aliphatic rings. The van der Waals surface area contributed by atoms with Crippen molar-refractivity contribution in [3.05, 3.63) is 23.5 Å². The molecular formula is C27H41LiN6O13. The van der Waals surface area contributed by atoms with Crippen molar-refractivity contribution in [2.24, 2.45) is 0 Å². The van der Waals surface area contributed by atoms with Crippen LogP contribution >= 0.6 is 0 Å². The third-order valence-electron chi connectivity index (χ3n) is 4.42. The van der Waals surface area contributed by atoms with Crippen LogP contribution in [0.25, 0.3) is 0 Å². The molecule has 0 spiro atoms. The number of anilines is 2. The number of carbonyl (C=O) groups is 6. The molecule has 0 fully saturated rings. The van der Waals surface area contributed by atoms with Gasteiger partial charge in [0.15, 0.2) is 11.6 Å². The maximum absolute atomic E-state index is 12.0. The molecule has 0 aliphatic heterocycles. The second kappa shape index (κ2) is 17.9. The molecule has 0 saturated carbocycles. The number of aromatic carboxylic acids is 1. The van der Waals surface area contributed by atoms with Crippen LogP contribution in [-0.4, -0.2) is 95.2 Å². The first kappa shape index (κ1) is 44.5. The van der Waals surface area contributed by atoms with Crippen molar-refractivity contribution in [2.75, 3.05) is 17.7 Å². The fraction of sp³-hybridized carbons (Fsp3) is 0.556. The molecule has 2 aromatic heterocycles. The molecule has 0 aliphatic carbocycles. The minimum Gasteiger partial charge on any atom is -0.870 e. The zero-order valence-corrected chi connectivity index (χ0v) is 28.3. The number of rotatable bonds is 8. The molecule has 2 rings (SSSR count). The third-order valence-corrected chi connectivity index (χ3v) is 4.42. The van der Waals surface area contributed by atoms with Crippen LogP contribution in [0.15, 0.2) is 12.1 Å². The summed E-state index contributed by atoms with van der Waals surface area (Å²) in [5, 5.41) is 29.9. The molecule has 20 heteroatoms.